The highest BCUT2D eigenvalue weighted by Crippen LogP contribution is 2.17. The topological polar surface area (TPSA) is 80.0 Å². The standard InChI is InChI=1S/C11H14N6/c1-17(2)11-14-9(13-10(15-11)16-12)8-6-4-3-5-7-8/h3-7H,12H2,1-2H3,(H,13,14,15,16). The summed E-state index contributed by atoms with van der Waals surface area (Å²) in [7, 11) is 3.73. The molecule has 3 N–H and O–H groups in total. The number of hydrogen-bond acceptors (Lipinski definition) is 6. The quantitative estimate of drug-likeness (QED) is 0.602. The van der Waals surface area contributed by atoms with Crippen molar-refractivity contribution >= 4 is 11.9 Å². The second-order valence-electron chi connectivity index (χ2n) is 3.69. The molecule has 0 atom stereocenters. The molecule has 1 aromatic heterocycles. The predicted molar refractivity (Wildman–Crippen MR) is 67.4 cm³/mol. The van der Waals surface area contributed by atoms with Gasteiger partial charge in [0.25, 0.3) is 0 Å². The van der Waals surface area contributed by atoms with Crippen LogP contribution < -0.4 is 16.2 Å². The van der Waals surface area contributed by atoms with Crippen molar-refractivity contribution in [3.8, 4) is 11.4 Å². The largest absolute Gasteiger partial charge is 0.347 e. The highest BCUT2D eigenvalue weighted by Gasteiger charge is 2.08. The number of nitrogens with one attached hydrogen (secondary N) is 1. The van der Waals surface area contributed by atoms with Crippen molar-refractivity contribution in [3.63, 3.8) is 0 Å². The first-order valence-corrected chi connectivity index (χ1v) is 5.16. The van der Waals surface area contributed by atoms with Gasteiger partial charge in [0.2, 0.25) is 11.9 Å². The summed E-state index contributed by atoms with van der Waals surface area (Å²) in [5, 5.41) is 0. The van der Waals surface area contributed by atoms with Gasteiger partial charge < -0.3 is 4.90 Å². The molecule has 0 unspecified atom stereocenters. The van der Waals surface area contributed by atoms with Crippen LogP contribution in [0.15, 0.2) is 30.3 Å². The Morgan fingerprint density at radius 1 is 1.06 bits per heavy atom. The molecule has 0 bridgehead atoms. The van der Waals surface area contributed by atoms with Gasteiger partial charge in [0, 0.05) is 19.7 Å². The molecular formula is C11H14N6. The van der Waals surface area contributed by atoms with Crippen molar-refractivity contribution < 1.29 is 0 Å². The Morgan fingerprint density at radius 3 is 2.35 bits per heavy atom. The molecule has 0 radical (unpaired) electrons. The van der Waals surface area contributed by atoms with Gasteiger partial charge in [0.15, 0.2) is 5.82 Å². The fraction of sp³-hybridized carbons (Fsp3) is 0.182. The maximum absolute atomic E-state index is 5.34. The summed E-state index contributed by atoms with van der Waals surface area (Å²) in [4.78, 5) is 14.5. The van der Waals surface area contributed by atoms with Gasteiger partial charge in [-0.2, -0.15) is 15.0 Å². The molecule has 2 aromatic rings. The summed E-state index contributed by atoms with van der Waals surface area (Å²) < 4.78 is 0. The summed E-state index contributed by atoms with van der Waals surface area (Å²) >= 11 is 0. The fourth-order valence-corrected chi connectivity index (χ4v) is 1.35. The maximum Gasteiger partial charge on any atom is 0.242 e. The molecule has 0 saturated carbocycles. The number of hydrogen-bond donors (Lipinski definition) is 2. The lowest BCUT2D eigenvalue weighted by molar-refractivity contribution is 0.957. The summed E-state index contributed by atoms with van der Waals surface area (Å²) in [6.07, 6.45) is 0. The second-order valence-corrected chi connectivity index (χ2v) is 3.69. The Kier molecular flexibility index (Phi) is 3.15. The van der Waals surface area contributed by atoms with Crippen LogP contribution in [0.1, 0.15) is 0 Å². The summed E-state index contributed by atoms with van der Waals surface area (Å²) in [5.41, 5.74) is 3.37. The van der Waals surface area contributed by atoms with Crippen molar-refractivity contribution in [2.24, 2.45) is 5.84 Å². The minimum Gasteiger partial charge on any atom is -0.347 e. The second kappa shape index (κ2) is 4.75. The molecule has 2 rings (SSSR count). The Labute approximate surface area is 99.5 Å². The summed E-state index contributed by atoms with van der Waals surface area (Å²) in [6, 6.07) is 9.69. The number of nitrogens with two attached hydrogens (primary N) is 1. The van der Waals surface area contributed by atoms with Gasteiger partial charge in [0.05, 0.1) is 0 Å². The van der Waals surface area contributed by atoms with Gasteiger partial charge >= 0.3 is 0 Å². The zero-order valence-electron chi connectivity index (χ0n) is 9.75. The van der Waals surface area contributed by atoms with Crippen LogP contribution in [0.2, 0.25) is 0 Å². The van der Waals surface area contributed by atoms with Crippen LogP contribution in [0.3, 0.4) is 0 Å². The first kappa shape index (κ1) is 11.3. The number of rotatable bonds is 3. The number of aromatic nitrogens is 3. The van der Waals surface area contributed by atoms with E-state index in [2.05, 4.69) is 20.4 Å². The first-order valence-electron chi connectivity index (χ1n) is 5.16. The molecule has 0 aliphatic carbocycles. The molecule has 6 heteroatoms. The summed E-state index contributed by atoms with van der Waals surface area (Å²) in [6.45, 7) is 0. The van der Waals surface area contributed by atoms with Gasteiger partial charge in [0.1, 0.15) is 0 Å². The SMILES string of the molecule is CN(C)c1nc(NN)nc(-c2ccccc2)n1. The zero-order valence-corrected chi connectivity index (χ0v) is 9.75. The lowest BCUT2D eigenvalue weighted by atomic mass is 10.2. The smallest absolute Gasteiger partial charge is 0.242 e. The van der Waals surface area contributed by atoms with E-state index in [1.165, 1.54) is 0 Å². The van der Waals surface area contributed by atoms with Crippen LogP contribution in [0.25, 0.3) is 11.4 Å². The van der Waals surface area contributed by atoms with Gasteiger partial charge in [-0.05, 0) is 0 Å². The van der Waals surface area contributed by atoms with Crippen molar-refractivity contribution in [1.29, 1.82) is 0 Å². The number of anilines is 2. The molecule has 1 aromatic carbocycles. The van der Waals surface area contributed by atoms with E-state index in [1.807, 2.05) is 44.4 Å². The maximum atomic E-state index is 5.34. The third-order valence-electron chi connectivity index (χ3n) is 2.18. The van der Waals surface area contributed by atoms with E-state index in [0.717, 1.165) is 5.56 Å². The number of hydrazine groups is 1. The van der Waals surface area contributed by atoms with E-state index in [-0.39, 0.29) is 0 Å². The predicted octanol–water partition coefficient (Wildman–Crippen LogP) is 0.890. The number of nitrogens with zero attached hydrogens (tertiary/aromatic N) is 4. The van der Waals surface area contributed by atoms with Crippen molar-refractivity contribution in [3.05, 3.63) is 30.3 Å². The van der Waals surface area contributed by atoms with Crippen LogP contribution in [-0.4, -0.2) is 29.0 Å². The fourth-order valence-electron chi connectivity index (χ4n) is 1.35. The first-order chi connectivity index (χ1) is 8.20. The monoisotopic (exact) mass is 230 g/mol. The lowest BCUT2D eigenvalue weighted by Crippen LogP contribution is -2.17. The Hall–Kier alpha value is -2.21. The highest BCUT2D eigenvalue weighted by atomic mass is 15.3. The molecule has 0 fully saturated rings. The van der Waals surface area contributed by atoms with Crippen LogP contribution in [0.5, 0.6) is 0 Å². The minimum atomic E-state index is 0.350. The number of nitrogen functional groups attached to an aromatic ring is 1. The van der Waals surface area contributed by atoms with E-state index >= 15 is 0 Å². The van der Waals surface area contributed by atoms with Crippen molar-refractivity contribution in [2.45, 2.75) is 0 Å². The van der Waals surface area contributed by atoms with Gasteiger partial charge in [-0.1, -0.05) is 30.3 Å². The molecule has 0 aliphatic heterocycles. The van der Waals surface area contributed by atoms with Crippen LogP contribution >= 0.6 is 0 Å². The molecule has 0 saturated heterocycles. The van der Waals surface area contributed by atoms with Crippen molar-refractivity contribution in [1.82, 2.24) is 15.0 Å². The molecule has 0 amide bonds. The van der Waals surface area contributed by atoms with Gasteiger partial charge in [-0.25, -0.2) is 5.84 Å². The lowest BCUT2D eigenvalue weighted by Gasteiger charge is -2.12. The van der Waals surface area contributed by atoms with E-state index in [0.29, 0.717) is 17.7 Å². The molecule has 0 spiro atoms. The molecule has 17 heavy (non-hydrogen) atoms. The van der Waals surface area contributed by atoms with E-state index < -0.39 is 0 Å². The molecule has 0 aliphatic rings. The molecule has 6 nitrogen and oxygen atoms in total. The average Bonchev–Trinajstić information content (AvgIpc) is 2.39. The normalized spacial score (nSPS) is 10.1. The minimum absolute atomic E-state index is 0.350. The summed E-state index contributed by atoms with van der Waals surface area (Å²) in [5.74, 6) is 6.85. The van der Waals surface area contributed by atoms with Crippen LogP contribution in [0.4, 0.5) is 11.9 Å². The Morgan fingerprint density at radius 2 is 1.76 bits per heavy atom. The van der Waals surface area contributed by atoms with Gasteiger partial charge in [-0.15, -0.1) is 0 Å². The van der Waals surface area contributed by atoms with E-state index in [4.69, 9.17) is 5.84 Å². The third kappa shape index (κ3) is 2.48. The van der Waals surface area contributed by atoms with Crippen LogP contribution in [0, 0.1) is 0 Å². The molecule has 88 valence electrons. The van der Waals surface area contributed by atoms with Crippen LogP contribution in [-0.2, 0) is 0 Å². The average molecular weight is 230 g/mol. The molecular weight excluding hydrogens is 216 g/mol. The third-order valence-corrected chi connectivity index (χ3v) is 2.18. The highest BCUT2D eigenvalue weighted by molar-refractivity contribution is 5.57. The zero-order chi connectivity index (χ0) is 12.3. The van der Waals surface area contributed by atoms with E-state index in [9.17, 15) is 0 Å². The van der Waals surface area contributed by atoms with Crippen molar-refractivity contribution in [2.75, 3.05) is 24.4 Å². The van der Waals surface area contributed by atoms with Gasteiger partial charge in [-0.3, -0.25) is 5.43 Å². The Bertz CT molecular complexity index is 497. The van der Waals surface area contributed by atoms with E-state index in [1.54, 1.807) is 4.90 Å². The molecule has 1 heterocycles. The Balaban J connectivity index is 2.50. The number of benzene rings is 1.